The van der Waals surface area contributed by atoms with Crippen LogP contribution in [0.15, 0.2) is 24.3 Å². The molecular weight excluding hydrogens is 230 g/mol. The average molecular weight is 253 g/mol. The molecule has 1 unspecified atom stereocenters. The largest absolute Gasteiger partial charge is 0.497 e. The van der Waals surface area contributed by atoms with E-state index in [0.29, 0.717) is 13.1 Å². The molecule has 0 radical (unpaired) electrons. The first-order valence-corrected chi connectivity index (χ1v) is 6.36. The molecule has 4 nitrogen and oxygen atoms in total. The van der Waals surface area contributed by atoms with Crippen molar-refractivity contribution in [2.75, 3.05) is 33.4 Å². The molecule has 0 aliphatic carbocycles. The second-order valence-corrected chi connectivity index (χ2v) is 4.32. The lowest BCUT2D eigenvalue weighted by molar-refractivity contribution is 0.0997. The number of nitrogens with zero attached hydrogens (tertiary/aromatic N) is 1. The zero-order chi connectivity index (χ0) is 13.4. The predicted molar refractivity (Wildman–Crippen MR) is 71.8 cm³/mol. The van der Waals surface area contributed by atoms with Crippen LogP contribution < -0.4 is 4.74 Å². The molecule has 0 fully saturated rings. The second kappa shape index (κ2) is 8.08. The van der Waals surface area contributed by atoms with Crippen LogP contribution in [-0.4, -0.2) is 48.5 Å². The van der Waals surface area contributed by atoms with Gasteiger partial charge in [-0.05, 0) is 30.7 Å². The van der Waals surface area contributed by atoms with E-state index < -0.39 is 6.10 Å². The fourth-order valence-electron chi connectivity index (χ4n) is 1.95. The van der Waals surface area contributed by atoms with Gasteiger partial charge in [0.1, 0.15) is 5.75 Å². The SMILES string of the molecule is CCCN(CCO)CC(O)c1cccc(OC)c1. The van der Waals surface area contributed by atoms with Crippen LogP contribution in [0.5, 0.6) is 5.75 Å². The molecular formula is C14H23NO3. The Morgan fingerprint density at radius 3 is 2.72 bits per heavy atom. The maximum atomic E-state index is 10.2. The van der Waals surface area contributed by atoms with Crippen molar-refractivity contribution in [3.8, 4) is 5.75 Å². The topological polar surface area (TPSA) is 52.9 Å². The van der Waals surface area contributed by atoms with E-state index in [1.807, 2.05) is 24.3 Å². The summed E-state index contributed by atoms with van der Waals surface area (Å²) in [5, 5.41) is 19.2. The summed E-state index contributed by atoms with van der Waals surface area (Å²) in [4.78, 5) is 2.06. The molecule has 2 N–H and O–H groups in total. The number of hydrogen-bond acceptors (Lipinski definition) is 4. The first-order valence-electron chi connectivity index (χ1n) is 6.36. The van der Waals surface area contributed by atoms with E-state index in [2.05, 4.69) is 11.8 Å². The molecule has 0 heterocycles. The number of rotatable bonds is 8. The zero-order valence-corrected chi connectivity index (χ0v) is 11.2. The zero-order valence-electron chi connectivity index (χ0n) is 11.2. The molecule has 0 aliphatic rings. The Balaban J connectivity index is 2.63. The molecule has 0 aliphatic heterocycles. The molecule has 0 amide bonds. The van der Waals surface area contributed by atoms with Crippen LogP contribution in [0.1, 0.15) is 25.0 Å². The van der Waals surface area contributed by atoms with Gasteiger partial charge in [-0.25, -0.2) is 0 Å². The van der Waals surface area contributed by atoms with Gasteiger partial charge < -0.3 is 14.9 Å². The van der Waals surface area contributed by atoms with E-state index in [-0.39, 0.29) is 6.61 Å². The lowest BCUT2D eigenvalue weighted by atomic mass is 10.1. The number of ether oxygens (including phenoxy) is 1. The van der Waals surface area contributed by atoms with E-state index in [0.717, 1.165) is 24.3 Å². The fourth-order valence-corrected chi connectivity index (χ4v) is 1.95. The standard InChI is InChI=1S/C14H23NO3/c1-3-7-15(8-9-16)11-14(17)12-5-4-6-13(10-12)18-2/h4-6,10,14,16-17H,3,7-9,11H2,1-2H3. The molecule has 1 aromatic carbocycles. The minimum Gasteiger partial charge on any atom is -0.497 e. The summed E-state index contributed by atoms with van der Waals surface area (Å²) in [6, 6.07) is 7.45. The van der Waals surface area contributed by atoms with Crippen molar-refractivity contribution in [1.82, 2.24) is 4.90 Å². The Morgan fingerprint density at radius 2 is 2.11 bits per heavy atom. The highest BCUT2D eigenvalue weighted by Crippen LogP contribution is 2.19. The quantitative estimate of drug-likeness (QED) is 0.736. The van der Waals surface area contributed by atoms with Crippen LogP contribution in [0.4, 0.5) is 0 Å². The highest BCUT2D eigenvalue weighted by atomic mass is 16.5. The summed E-state index contributed by atoms with van der Waals surface area (Å²) in [6.45, 7) is 4.20. The van der Waals surface area contributed by atoms with Crippen molar-refractivity contribution in [3.63, 3.8) is 0 Å². The van der Waals surface area contributed by atoms with Gasteiger partial charge in [0.25, 0.3) is 0 Å². The van der Waals surface area contributed by atoms with Crippen LogP contribution >= 0.6 is 0 Å². The Kier molecular flexibility index (Phi) is 6.72. The van der Waals surface area contributed by atoms with E-state index in [1.54, 1.807) is 7.11 Å². The van der Waals surface area contributed by atoms with Gasteiger partial charge in [0, 0.05) is 13.1 Å². The van der Waals surface area contributed by atoms with Gasteiger partial charge in [-0.1, -0.05) is 19.1 Å². The summed E-state index contributed by atoms with van der Waals surface area (Å²) in [6.07, 6.45) is 0.448. The maximum Gasteiger partial charge on any atom is 0.119 e. The Bertz CT molecular complexity index is 338. The van der Waals surface area contributed by atoms with E-state index >= 15 is 0 Å². The highest BCUT2D eigenvalue weighted by molar-refractivity contribution is 5.29. The molecule has 102 valence electrons. The molecule has 4 heteroatoms. The maximum absolute atomic E-state index is 10.2. The smallest absolute Gasteiger partial charge is 0.119 e. The second-order valence-electron chi connectivity index (χ2n) is 4.32. The van der Waals surface area contributed by atoms with Crippen LogP contribution in [0.25, 0.3) is 0 Å². The lowest BCUT2D eigenvalue weighted by Gasteiger charge is -2.24. The average Bonchev–Trinajstić information content (AvgIpc) is 2.39. The van der Waals surface area contributed by atoms with Gasteiger partial charge in [0.15, 0.2) is 0 Å². The minimum absolute atomic E-state index is 0.116. The van der Waals surface area contributed by atoms with Gasteiger partial charge in [0.05, 0.1) is 19.8 Å². The molecule has 1 atom stereocenters. The van der Waals surface area contributed by atoms with Gasteiger partial charge in [-0.3, -0.25) is 4.90 Å². The number of methoxy groups -OCH3 is 1. The van der Waals surface area contributed by atoms with Crippen molar-refractivity contribution in [3.05, 3.63) is 29.8 Å². The van der Waals surface area contributed by atoms with Crippen molar-refractivity contribution >= 4 is 0 Å². The molecule has 0 spiro atoms. The first kappa shape index (κ1) is 15.0. The van der Waals surface area contributed by atoms with Gasteiger partial charge >= 0.3 is 0 Å². The first-order chi connectivity index (χ1) is 8.71. The van der Waals surface area contributed by atoms with Crippen LogP contribution in [0, 0.1) is 0 Å². The summed E-state index contributed by atoms with van der Waals surface area (Å²) in [5.41, 5.74) is 0.841. The van der Waals surface area contributed by atoms with Crippen LogP contribution in [0.3, 0.4) is 0 Å². The number of hydrogen-bond donors (Lipinski definition) is 2. The van der Waals surface area contributed by atoms with Crippen molar-refractivity contribution in [1.29, 1.82) is 0 Å². The van der Waals surface area contributed by atoms with E-state index in [9.17, 15) is 5.11 Å². The Hall–Kier alpha value is -1.10. The van der Waals surface area contributed by atoms with Gasteiger partial charge in [-0.2, -0.15) is 0 Å². The lowest BCUT2D eigenvalue weighted by Crippen LogP contribution is -2.32. The van der Waals surface area contributed by atoms with Gasteiger partial charge in [0.2, 0.25) is 0 Å². The summed E-state index contributed by atoms with van der Waals surface area (Å²) in [7, 11) is 1.61. The minimum atomic E-state index is -0.557. The normalized spacial score (nSPS) is 12.7. The molecule has 1 aromatic rings. The monoisotopic (exact) mass is 253 g/mol. The summed E-state index contributed by atoms with van der Waals surface area (Å²) >= 11 is 0. The number of benzene rings is 1. The van der Waals surface area contributed by atoms with Crippen molar-refractivity contribution in [2.24, 2.45) is 0 Å². The molecule has 0 saturated carbocycles. The summed E-state index contributed by atoms with van der Waals surface area (Å²) < 4.78 is 5.14. The van der Waals surface area contributed by atoms with Crippen molar-refractivity contribution in [2.45, 2.75) is 19.4 Å². The summed E-state index contributed by atoms with van der Waals surface area (Å²) in [5.74, 6) is 0.746. The highest BCUT2D eigenvalue weighted by Gasteiger charge is 2.13. The molecule has 1 rings (SSSR count). The molecule has 0 bridgehead atoms. The predicted octanol–water partition coefficient (Wildman–Crippen LogP) is 1.43. The number of aliphatic hydroxyl groups is 2. The molecule has 0 aromatic heterocycles. The molecule has 0 saturated heterocycles. The third-order valence-corrected chi connectivity index (χ3v) is 2.87. The third-order valence-electron chi connectivity index (χ3n) is 2.87. The van der Waals surface area contributed by atoms with Crippen LogP contribution in [0.2, 0.25) is 0 Å². The Labute approximate surface area is 109 Å². The van der Waals surface area contributed by atoms with Gasteiger partial charge in [-0.15, -0.1) is 0 Å². The number of aliphatic hydroxyl groups excluding tert-OH is 2. The Morgan fingerprint density at radius 1 is 1.33 bits per heavy atom. The van der Waals surface area contributed by atoms with E-state index in [4.69, 9.17) is 9.84 Å². The molecule has 18 heavy (non-hydrogen) atoms. The van der Waals surface area contributed by atoms with Crippen molar-refractivity contribution < 1.29 is 14.9 Å². The van der Waals surface area contributed by atoms with Crippen LogP contribution in [-0.2, 0) is 0 Å². The third kappa shape index (κ3) is 4.64. The van der Waals surface area contributed by atoms with E-state index in [1.165, 1.54) is 0 Å². The fraction of sp³-hybridized carbons (Fsp3) is 0.571.